The minimum atomic E-state index is -0.922. The molecule has 3 rings (SSSR count). The summed E-state index contributed by atoms with van der Waals surface area (Å²) in [4.78, 5) is 37.7. The van der Waals surface area contributed by atoms with Gasteiger partial charge in [-0.3, -0.25) is 9.59 Å². The Morgan fingerprint density at radius 3 is 2.34 bits per heavy atom. The second-order valence-corrected chi connectivity index (χ2v) is 6.37. The van der Waals surface area contributed by atoms with E-state index in [2.05, 4.69) is 4.74 Å². The van der Waals surface area contributed by atoms with Crippen LogP contribution in [-0.4, -0.2) is 48.9 Å². The van der Waals surface area contributed by atoms with Crippen LogP contribution < -0.4 is 4.74 Å². The first kappa shape index (κ1) is 20.1. The molecule has 1 N–H and O–H groups in total. The number of aliphatic hydroxyl groups excluding tert-OH is 1. The predicted octanol–water partition coefficient (Wildman–Crippen LogP) is 2.67. The standard InChI is InChI=1S/C21H18FNO6/c1-23-17(11-4-6-12(7-5-11)21(27)29-3)16(19(25)20(23)26)18(24)14-10-13(22)8-9-15(14)28-2/h4-10,17,24H,1-3H3/b18-16+. The number of esters is 1. The van der Waals surface area contributed by atoms with Gasteiger partial charge < -0.3 is 19.5 Å². The fourth-order valence-corrected chi connectivity index (χ4v) is 3.27. The van der Waals surface area contributed by atoms with E-state index in [0.717, 1.165) is 12.1 Å². The highest BCUT2D eigenvalue weighted by atomic mass is 19.1. The number of likely N-dealkylation sites (N-methyl/N-ethyl adjacent to an activating group) is 1. The van der Waals surface area contributed by atoms with E-state index < -0.39 is 35.3 Å². The van der Waals surface area contributed by atoms with E-state index in [4.69, 9.17) is 4.74 Å². The molecule has 1 fully saturated rings. The van der Waals surface area contributed by atoms with Gasteiger partial charge in [-0.15, -0.1) is 0 Å². The number of hydrogen-bond donors (Lipinski definition) is 1. The monoisotopic (exact) mass is 399 g/mol. The predicted molar refractivity (Wildman–Crippen MR) is 101 cm³/mol. The largest absolute Gasteiger partial charge is 0.507 e. The number of halogens is 1. The molecule has 1 unspecified atom stereocenters. The molecule has 1 saturated heterocycles. The first-order chi connectivity index (χ1) is 13.8. The van der Waals surface area contributed by atoms with Crippen LogP contribution in [0.2, 0.25) is 0 Å². The summed E-state index contributed by atoms with van der Waals surface area (Å²) in [6.45, 7) is 0. The molecule has 2 aromatic carbocycles. The molecule has 7 nitrogen and oxygen atoms in total. The van der Waals surface area contributed by atoms with Crippen LogP contribution in [0.4, 0.5) is 4.39 Å². The van der Waals surface area contributed by atoms with Gasteiger partial charge in [-0.25, -0.2) is 9.18 Å². The van der Waals surface area contributed by atoms with Crippen LogP contribution in [0.1, 0.15) is 27.5 Å². The molecule has 1 atom stereocenters. The van der Waals surface area contributed by atoms with E-state index in [1.807, 2.05) is 0 Å². The second-order valence-electron chi connectivity index (χ2n) is 6.37. The van der Waals surface area contributed by atoms with Crippen LogP contribution in [0.3, 0.4) is 0 Å². The molecule has 0 radical (unpaired) electrons. The van der Waals surface area contributed by atoms with Crippen LogP contribution in [0.15, 0.2) is 48.0 Å². The summed E-state index contributed by atoms with van der Waals surface area (Å²) in [6, 6.07) is 8.64. The summed E-state index contributed by atoms with van der Waals surface area (Å²) in [5.41, 5.74) is 0.523. The van der Waals surface area contributed by atoms with Crippen molar-refractivity contribution >= 4 is 23.4 Å². The molecule has 8 heteroatoms. The van der Waals surface area contributed by atoms with Gasteiger partial charge in [0.25, 0.3) is 11.7 Å². The molecule has 0 aromatic heterocycles. The maximum absolute atomic E-state index is 13.8. The van der Waals surface area contributed by atoms with Crippen LogP contribution in [0.25, 0.3) is 5.76 Å². The Labute approximate surface area is 166 Å². The third-order valence-corrected chi connectivity index (χ3v) is 4.74. The lowest BCUT2D eigenvalue weighted by Crippen LogP contribution is -2.24. The van der Waals surface area contributed by atoms with Crippen LogP contribution >= 0.6 is 0 Å². The molecule has 29 heavy (non-hydrogen) atoms. The number of benzene rings is 2. The highest BCUT2D eigenvalue weighted by Crippen LogP contribution is 2.40. The van der Waals surface area contributed by atoms with Gasteiger partial charge in [0, 0.05) is 7.05 Å². The van der Waals surface area contributed by atoms with Crippen molar-refractivity contribution in [1.82, 2.24) is 4.90 Å². The Hall–Kier alpha value is -3.68. The number of Topliss-reactive ketones (excluding diaryl/α,β-unsaturated/α-hetero) is 1. The van der Waals surface area contributed by atoms with E-state index in [1.165, 1.54) is 44.4 Å². The van der Waals surface area contributed by atoms with Crippen molar-refractivity contribution in [2.75, 3.05) is 21.3 Å². The number of aliphatic hydroxyl groups is 1. The Morgan fingerprint density at radius 2 is 1.76 bits per heavy atom. The van der Waals surface area contributed by atoms with Gasteiger partial charge in [-0.1, -0.05) is 12.1 Å². The molecule has 1 heterocycles. The summed E-state index contributed by atoms with van der Waals surface area (Å²) >= 11 is 0. The summed E-state index contributed by atoms with van der Waals surface area (Å²) in [6.07, 6.45) is 0. The number of carbonyl (C=O) groups is 3. The second kappa shape index (κ2) is 7.75. The molecular weight excluding hydrogens is 381 g/mol. The number of rotatable bonds is 4. The molecule has 0 bridgehead atoms. The minimum absolute atomic E-state index is 0.0462. The molecule has 1 aliphatic heterocycles. The van der Waals surface area contributed by atoms with Crippen LogP contribution in [-0.2, 0) is 14.3 Å². The lowest BCUT2D eigenvalue weighted by Gasteiger charge is -2.21. The van der Waals surface area contributed by atoms with Crippen molar-refractivity contribution in [3.8, 4) is 5.75 Å². The summed E-state index contributed by atoms with van der Waals surface area (Å²) < 4.78 is 23.6. The molecule has 0 saturated carbocycles. The van der Waals surface area contributed by atoms with Crippen LogP contribution in [0, 0.1) is 5.82 Å². The Bertz CT molecular complexity index is 1030. The van der Waals surface area contributed by atoms with E-state index in [-0.39, 0.29) is 22.4 Å². The highest BCUT2D eigenvalue weighted by molar-refractivity contribution is 6.46. The van der Waals surface area contributed by atoms with Crippen molar-refractivity contribution in [3.05, 3.63) is 70.5 Å². The minimum Gasteiger partial charge on any atom is -0.507 e. The molecule has 1 aliphatic rings. The zero-order chi connectivity index (χ0) is 21.3. The molecule has 2 aromatic rings. The normalized spacial score (nSPS) is 18.1. The Morgan fingerprint density at radius 1 is 1.10 bits per heavy atom. The van der Waals surface area contributed by atoms with E-state index in [0.29, 0.717) is 5.56 Å². The third kappa shape index (κ3) is 3.44. The topological polar surface area (TPSA) is 93.1 Å². The van der Waals surface area contributed by atoms with E-state index >= 15 is 0 Å². The number of methoxy groups -OCH3 is 2. The molecular formula is C21H18FNO6. The smallest absolute Gasteiger partial charge is 0.337 e. The van der Waals surface area contributed by atoms with Gasteiger partial charge in [0.1, 0.15) is 17.3 Å². The van der Waals surface area contributed by atoms with E-state index in [1.54, 1.807) is 12.1 Å². The average molecular weight is 399 g/mol. The highest BCUT2D eigenvalue weighted by Gasteiger charge is 2.44. The van der Waals surface area contributed by atoms with Crippen molar-refractivity contribution < 1.29 is 33.4 Å². The van der Waals surface area contributed by atoms with Gasteiger partial charge >= 0.3 is 5.97 Å². The van der Waals surface area contributed by atoms with Gasteiger partial charge in [0.2, 0.25) is 0 Å². The van der Waals surface area contributed by atoms with Crippen molar-refractivity contribution in [2.45, 2.75) is 6.04 Å². The first-order valence-corrected chi connectivity index (χ1v) is 8.57. The van der Waals surface area contributed by atoms with Crippen molar-refractivity contribution in [3.63, 3.8) is 0 Å². The summed E-state index contributed by atoms with van der Waals surface area (Å²) in [5.74, 6) is -3.30. The summed E-state index contributed by atoms with van der Waals surface area (Å²) in [5, 5.41) is 10.8. The number of likely N-dealkylation sites (tertiary alicyclic amines) is 1. The number of ether oxygens (including phenoxy) is 2. The molecule has 0 aliphatic carbocycles. The molecule has 0 spiro atoms. The molecule has 1 amide bonds. The zero-order valence-corrected chi connectivity index (χ0v) is 15.9. The van der Waals surface area contributed by atoms with Gasteiger partial charge in [-0.2, -0.15) is 0 Å². The maximum atomic E-state index is 13.8. The van der Waals surface area contributed by atoms with Gasteiger partial charge in [-0.05, 0) is 35.9 Å². The Balaban J connectivity index is 2.16. The number of hydrogen-bond acceptors (Lipinski definition) is 6. The van der Waals surface area contributed by atoms with Gasteiger partial charge in [0.05, 0.1) is 37.0 Å². The number of nitrogens with zero attached hydrogens (tertiary/aromatic N) is 1. The van der Waals surface area contributed by atoms with Crippen molar-refractivity contribution in [2.24, 2.45) is 0 Å². The maximum Gasteiger partial charge on any atom is 0.337 e. The third-order valence-electron chi connectivity index (χ3n) is 4.74. The average Bonchev–Trinajstić information content (AvgIpc) is 2.96. The summed E-state index contributed by atoms with van der Waals surface area (Å²) in [7, 11) is 4.01. The SMILES string of the molecule is COC(=O)c1ccc(C2/C(=C(\O)c3cc(F)ccc3OC)C(=O)C(=O)N2C)cc1. The quantitative estimate of drug-likeness (QED) is 0.368. The van der Waals surface area contributed by atoms with E-state index in [9.17, 15) is 23.9 Å². The lowest BCUT2D eigenvalue weighted by molar-refractivity contribution is -0.139. The fraction of sp³-hybridized carbons (Fsp3) is 0.190. The first-order valence-electron chi connectivity index (χ1n) is 8.57. The lowest BCUT2D eigenvalue weighted by atomic mass is 9.94. The Kier molecular flexibility index (Phi) is 5.36. The number of amides is 1. The number of ketones is 1. The van der Waals surface area contributed by atoms with Gasteiger partial charge in [0.15, 0.2) is 0 Å². The zero-order valence-electron chi connectivity index (χ0n) is 15.9. The fourth-order valence-electron chi connectivity index (χ4n) is 3.27. The van der Waals surface area contributed by atoms with Crippen molar-refractivity contribution in [1.29, 1.82) is 0 Å². The molecule has 150 valence electrons. The van der Waals surface area contributed by atoms with Crippen LogP contribution in [0.5, 0.6) is 5.75 Å². The number of carbonyl (C=O) groups excluding carboxylic acids is 3.